The lowest BCUT2D eigenvalue weighted by Crippen LogP contribution is -2.15. The fourth-order valence-electron chi connectivity index (χ4n) is 2.18. The maximum atomic E-state index is 11.4. The molecule has 2 atom stereocenters. The fraction of sp³-hybridized carbons (Fsp3) is 0.438. The van der Waals surface area contributed by atoms with Crippen molar-refractivity contribution in [2.24, 2.45) is 4.99 Å². The molecule has 1 aliphatic rings. The van der Waals surface area contributed by atoms with Crippen molar-refractivity contribution in [1.82, 2.24) is 4.98 Å². The number of carbonyl (C=O) groups is 1. The Morgan fingerprint density at radius 2 is 2.33 bits per heavy atom. The number of carbonyl (C=O) groups excluding carboxylic acids is 1. The lowest BCUT2D eigenvalue weighted by molar-refractivity contribution is -0.117. The summed E-state index contributed by atoms with van der Waals surface area (Å²) in [5, 5.41) is 1.69. The van der Waals surface area contributed by atoms with Gasteiger partial charge in [0.15, 0.2) is 5.78 Å². The van der Waals surface area contributed by atoms with E-state index in [1.807, 2.05) is 25.1 Å². The molecule has 0 spiro atoms. The van der Waals surface area contributed by atoms with Crippen LogP contribution in [0, 0.1) is 0 Å². The Hall–Kier alpha value is -1.09. The quantitative estimate of drug-likeness (QED) is 0.688. The molecule has 3 rings (SSSR count). The molecule has 8 heteroatoms. The number of nitrogens with zero attached hydrogens (tertiary/aromatic N) is 2. The highest BCUT2D eigenvalue weighted by atomic mass is 32.2. The van der Waals surface area contributed by atoms with Crippen LogP contribution in [0.3, 0.4) is 0 Å². The monoisotopic (exact) mass is 382 g/mol. The number of rotatable bonds is 7. The van der Waals surface area contributed by atoms with Crippen LogP contribution < -0.4 is 4.74 Å². The Labute approximate surface area is 152 Å². The summed E-state index contributed by atoms with van der Waals surface area (Å²) in [6.07, 6.45) is 0. The lowest BCUT2D eigenvalue weighted by Gasteiger charge is -2.09. The number of ketones is 1. The van der Waals surface area contributed by atoms with E-state index in [4.69, 9.17) is 4.74 Å². The zero-order chi connectivity index (χ0) is 17.1. The van der Waals surface area contributed by atoms with E-state index in [1.54, 1.807) is 30.0 Å². The van der Waals surface area contributed by atoms with Gasteiger partial charge in [0.1, 0.15) is 40.0 Å². The number of hydrogen-bond donors (Lipinski definition) is 0. The fourth-order valence-corrected chi connectivity index (χ4v) is 4.92. The number of hydrogen-bond acceptors (Lipinski definition) is 7. The van der Waals surface area contributed by atoms with Crippen LogP contribution in [0.5, 0.6) is 5.75 Å². The number of aromatic nitrogens is 1. The summed E-state index contributed by atoms with van der Waals surface area (Å²) in [7, 11) is 0. The predicted molar refractivity (Wildman–Crippen MR) is 102 cm³/mol. The third-order valence-corrected chi connectivity index (χ3v) is 7.04. The van der Waals surface area contributed by atoms with Crippen molar-refractivity contribution in [1.29, 1.82) is 0 Å². The maximum absolute atomic E-state index is 11.4. The zero-order valence-corrected chi connectivity index (χ0v) is 15.9. The highest BCUT2D eigenvalue weighted by Crippen LogP contribution is 2.31. The van der Waals surface area contributed by atoms with Crippen molar-refractivity contribution in [3.05, 3.63) is 23.2 Å². The van der Waals surface area contributed by atoms with Crippen molar-refractivity contribution in [3.63, 3.8) is 0 Å². The number of thiazole rings is 1. The van der Waals surface area contributed by atoms with Crippen molar-refractivity contribution in [3.8, 4) is 5.75 Å². The minimum absolute atomic E-state index is 0.0961. The highest BCUT2D eigenvalue weighted by Gasteiger charge is 2.24. The third-order valence-electron chi connectivity index (χ3n) is 3.56. The molecule has 0 amide bonds. The largest absolute Gasteiger partial charge is 0.616 e. The van der Waals surface area contributed by atoms with Crippen molar-refractivity contribution < 1.29 is 14.1 Å². The Balaban J connectivity index is 1.72. The second kappa shape index (κ2) is 7.86. The second-order valence-corrected chi connectivity index (χ2v) is 9.21. The smallest absolute Gasteiger partial charge is 0.155 e. The Kier molecular flexibility index (Phi) is 5.80. The first-order chi connectivity index (χ1) is 11.6. The molecule has 1 aromatic heterocycles. The highest BCUT2D eigenvalue weighted by molar-refractivity contribution is 8.15. The van der Waals surface area contributed by atoms with E-state index in [1.165, 1.54) is 0 Å². The number of fused-ring (bicyclic) bond motifs is 1. The molecule has 1 aliphatic heterocycles. The van der Waals surface area contributed by atoms with Gasteiger partial charge in [-0.2, -0.15) is 0 Å². The van der Waals surface area contributed by atoms with E-state index < -0.39 is 11.2 Å². The average molecular weight is 383 g/mol. The minimum Gasteiger partial charge on any atom is -0.616 e. The first-order valence-electron chi connectivity index (χ1n) is 7.66. The van der Waals surface area contributed by atoms with Gasteiger partial charge >= 0.3 is 0 Å². The molecule has 2 heterocycles. The van der Waals surface area contributed by atoms with Crippen LogP contribution in [0.2, 0.25) is 0 Å². The number of thioether (sulfide) groups is 1. The molecule has 2 aromatic rings. The molecule has 0 N–H and O–H groups in total. The Morgan fingerprint density at radius 1 is 1.50 bits per heavy atom. The molecular weight excluding hydrogens is 364 g/mol. The van der Waals surface area contributed by atoms with Crippen LogP contribution in [0.4, 0.5) is 0 Å². The third kappa shape index (κ3) is 4.11. The number of benzene rings is 1. The Morgan fingerprint density at radius 3 is 3.04 bits per heavy atom. The number of Topliss-reactive ketones (excluding diaryl/α,β-unsaturated/α-hetero) is 1. The van der Waals surface area contributed by atoms with Crippen LogP contribution in [-0.2, 0) is 16.0 Å². The van der Waals surface area contributed by atoms with E-state index in [0.717, 1.165) is 26.0 Å². The molecule has 0 bridgehead atoms. The summed E-state index contributed by atoms with van der Waals surface area (Å²) < 4.78 is 18.1. The molecule has 5 nitrogen and oxygen atoms in total. The summed E-state index contributed by atoms with van der Waals surface area (Å²) in [6.45, 7) is 3.92. The van der Waals surface area contributed by atoms with Crippen molar-refractivity contribution >= 4 is 55.3 Å². The molecule has 128 valence electrons. The SMILES string of the molecule is CC[S+]([O-])CCOc1ccc2nc(C3=NC(C(C)=O)CS3)sc2c1. The van der Waals surface area contributed by atoms with Crippen molar-refractivity contribution in [2.75, 3.05) is 23.9 Å². The zero-order valence-electron chi connectivity index (χ0n) is 13.5. The summed E-state index contributed by atoms with van der Waals surface area (Å²) in [4.78, 5) is 20.5. The van der Waals surface area contributed by atoms with E-state index >= 15 is 0 Å². The van der Waals surface area contributed by atoms with E-state index in [0.29, 0.717) is 23.9 Å². The molecule has 0 saturated heterocycles. The van der Waals surface area contributed by atoms with Gasteiger partial charge in [0, 0.05) is 5.75 Å². The van der Waals surface area contributed by atoms with Gasteiger partial charge in [0.2, 0.25) is 0 Å². The molecule has 1 aromatic carbocycles. The average Bonchev–Trinajstić information content (AvgIpc) is 3.20. The lowest BCUT2D eigenvalue weighted by atomic mass is 10.2. The van der Waals surface area contributed by atoms with Gasteiger partial charge in [-0.1, -0.05) is 11.2 Å². The predicted octanol–water partition coefficient (Wildman–Crippen LogP) is 2.89. The topological polar surface area (TPSA) is 74.6 Å². The molecule has 0 saturated carbocycles. The number of ether oxygens (including phenoxy) is 1. The van der Waals surface area contributed by atoms with Crippen LogP contribution >= 0.6 is 23.1 Å². The molecule has 0 radical (unpaired) electrons. The first kappa shape index (κ1) is 17.7. The van der Waals surface area contributed by atoms with Gasteiger partial charge in [-0.25, -0.2) is 4.98 Å². The maximum Gasteiger partial charge on any atom is 0.155 e. The van der Waals surface area contributed by atoms with E-state index in [2.05, 4.69) is 9.98 Å². The molecule has 0 fully saturated rings. The summed E-state index contributed by atoms with van der Waals surface area (Å²) >= 11 is 2.32. The number of aliphatic imine (C=N–C) groups is 1. The van der Waals surface area contributed by atoms with Gasteiger partial charge < -0.3 is 9.29 Å². The first-order valence-corrected chi connectivity index (χ1v) is 11.0. The van der Waals surface area contributed by atoms with Crippen LogP contribution in [0.25, 0.3) is 10.2 Å². The van der Waals surface area contributed by atoms with Crippen molar-refractivity contribution in [2.45, 2.75) is 19.9 Å². The van der Waals surface area contributed by atoms with Gasteiger partial charge in [0.25, 0.3) is 0 Å². The molecule has 24 heavy (non-hydrogen) atoms. The van der Waals surface area contributed by atoms with Crippen LogP contribution in [0.1, 0.15) is 18.9 Å². The molecule has 0 aliphatic carbocycles. The minimum atomic E-state index is -0.814. The standard InChI is InChI=1S/C16H18N2O3S3/c1-3-24(20)7-6-21-11-4-5-12-14(8-11)23-16(17-12)15-18-13(9-22-15)10(2)19/h4-5,8,13H,3,6-7,9H2,1-2H3. The molecule has 2 unspecified atom stereocenters. The van der Waals surface area contributed by atoms with E-state index in [9.17, 15) is 9.35 Å². The van der Waals surface area contributed by atoms with Crippen LogP contribution in [-0.4, -0.2) is 50.3 Å². The van der Waals surface area contributed by atoms with Gasteiger partial charge in [-0.3, -0.25) is 9.79 Å². The van der Waals surface area contributed by atoms with E-state index in [-0.39, 0.29) is 11.8 Å². The van der Waals surface area contributed by atoms with Crippen LogP contribution in [0.15, 0.2) is 23.2 Å². The summed E-state index contributed by atoms with van der Waals surface area (Å²) in [5.74, 6) is 2.75. The van der Waals surface area contributed by atoms with Gasteiger partial charge in [0.05, 0.1) is 10.2 Å². The summed E-state index contributed by atoms with van der Waals surface area (Å²) in [6, 6.07) is 5.51. The van der Waals surface area contributed by atoms with Gasteiger partial charge in [-0.05, 0) is 32.0 Å². The Bertz CT molecular complexity index is 775. The normalized spacial score (nSPS) is 18.6. The molecular formula is C16H18N2O3S3. The summed E-state index contributed by atoms with van der Waals surface area (Å²) in [5.41, 5.74) is 0.897. The second-order valence-electron chi connectivity index (χ2n) is 5.30. The van der Waals surface area contributed by atoms with Gasteiger partial charge in [-0.15, -0.1) is 23.1 Å².